The number of hydrogen-bond acceptors (Lipinski definition) is 3. The van der Waals surface area contributed by atoms with Gasteiger partial charge in [0.1, 0.15) is 17.9 Å². The van der Waals surface area contributed by atoms with E-state index in [1.807, 2.05) is 28.8 Å². The lowest BCUT2D eigenvalue weighted by Crippen LogP contribution is -2.01. The standard InChI is InChI=1S/C16H14FN3O/c1-21-15-8-4-13(5-9-15)16-19-18-11-20(16)10-12-2-6-14(17)7-3-12/h2-9,11H,10H2,1H3. The van der Waals surface area contributed by atoms with Crippen molar-refractivity contribution < 1.29 is 9.13 Å². The Labute approximate surface area is 121 Å². The van der Waals surface area contributed by atoms with E-state index in [0.717, 1.165) is 22.7 Å². The molecule has 0 N–H and O–H groups in total. The van der Waals surface area contributed by atoms with Gasteiger partial charge in [0.25, 0.3) is 0 Å². The normalized spacial score (nSPS) is 10.6. The van der Waals surface area contributed by atoms with Gasteiger partial charge in [-0.15, -0.1) is 10.2 Å². The lowest BCUT2D eigenvalue weighted by atomic mass is 10.2. The summed E-state index contributed by atoms with van der Waals surface area (Å²) in [5, 5.41) is 8.12. The van der Waals surface area contributed by atoms with E-state index >= 15 is 0 Å². The molecule has 0 radical (unpaired) electrons. The number of benzene rings is 2. The van der Waals surface area contributed by atoms with Crippen LogP contribution in [-0.4, -0.2) is 21.9 Å². The van der Waals surface area contributed by atoms with Crippen LogP contribution in [0.25, 0.3) is 11.4 Å². The molecule has 0 saturated carbocycles. The lowest BCUT2D eigenvalue weighted by Gasteiger charge is -2.07. The molecular weight excluding hydrogens is 269 g/mol. The Morgan fingerprint density at radius 1 is 1.05 bits per heavy atom. The molecular formula is C16H14FN3O. The van der Waals surface area contributed by atoms with Crippen molar-refractivity contribution >= 4 is 0 Å². The van der Waals surface area contributed by atoms with E-state index in [4.69, 9.17) is 4.74 Å². The molecule has 21 heavy (non-hydrogen) atoms. The van der Waals surface area contributed by atoms with Gasteiger partial charge in [0.15, 0.2) is 5.82 Å². The van der Waals surface area contributed by atoms with E-state index in [-0.39, 0.29) is 5.82 Å². The summed E-state index contributed by atoms with van der Waals surface area (Å²) in [6, 6.07) is 14.0. The summed E-state index contributed by atoms with van der Waals surface area (Å²) in [6.45, 7) is 0.592. The SMILES string of the molecule is COc1ccc(-c2nncn2Cc2ccc(F)cc2)cc1. The van der Waals surface area contributed by atoms with Gasteiger partial charge in [0.2, 0.25) is 0 Å². The summed E-state index contributed by atoms with van der Waals surface area (Å²) in [6.07, 6.45) is 1.67. The molecule has 0 aliphatic heterocycles. The van der Waals surface area contributed by atoms with Crippen molar-refractivity contribution in [3.8, 4) is 17.1 Å². The number of ether oxygens (including phenoxy) is 1. The van der Waals surface area contributed by atoms with E-state index in [9.17, 15) is 4.39 Å². The average Bonchev–Trinajstić information content (AvgIpc) is 2.98. The van der Waals surface area contributed by atoms with E-state index in [0.29, 0.717) is 6.54 Å². The quantitative estimate of drug-likeness (QED) is 0.738. The molecule has 0 aliphatic rings. The molecule has 2 aromatic carbocycles. The fraction of sp³-hybridized carbons (Fsp3) is 0.125. The van der Waals surface area contributed by atoms with Gasteiger partial charge in [-0.25, -0.2) is 4.39 Å². The summed E-state index contributed by atoms with van der Waals surface area (Å²) in [5.41, 5.74) is 1.95. The van der Waals surface area contributed by atoms with Crippen LogP contribution in [0.1, 0.15) is 5.56 Å². The predicted molar refractivity (Wildman–Crippen MR) is 77.5 cm³/mol. The van der Waals surface area contributed by atoms with Gasteiger partial charge in [0.05, 0.1) is 13.7 Å². The molecule has 3 aromatic rings. The van der Waals surface area contributed by atoms with Crippen LogP contribution in [0.4, 0.5) is 4.39 Å². The topological polar surface area (TPSA) is 39.9 Å². The molecule has 0 atom stereocenters. The Bertz CT molecular complexity index is 720. The first-order valence-corrected chi connectivity index (χ1v) is 6.53. The monoisotopic (exact) mass is 283 g/mol. The van der Waals surface area contributed by atoms with Crippen LogP contribution in [0.5, 0.6) is 5.75 Å². The minimum Gasteiger partial charge on any atom is -0.497 e. The molecule has 0 fully saturated rings. The Hall–Kier alpha value is -2.69. The number of hydrogen-bond donors (Lipinski definition) is 0. The number of nitrogens with zero attached hydrogens (tertiary/aromatic N) is 3. The number of rotatable bonds is 4. The molecule has 0 aliphatic carbocycles. The van der Waals surface area contributed by atoms with Crippen molar-refractivity contribution in [1.29, 1.82) is 0 Å². The largest absolute Gasteiger partial charge is 0.497 e. The lowest BCUT2D eigenvalue weighted by molar-refractivity contribution is 0.415. The zero-order chi connectivity index (χ0) is 14.7. The fourth-order valence-electron chi connectivity index (χ4n) is 2.12. The third-order valence-corrected chi connectivity index (χ3v) is 3.23. The molecule has 0 spiro atoms. The fourth-order valence-corrected chi connectivity index (χ4v) is 2.12. The molecule has 5 heteroatoms. The Morgan fingerprint density at radius 3 is 2.43 bits per heavy atom. The zero-order valence-corrected chi connectivity index (χ0v) is 11.5. The molecule has 4 nitrogen and oxygen atoms in total. The highest BCUT2D eigenvalue weighted by Gasteiger charge is 2.08. The maximum atomic E-state index is 12.9. The number of aromatic nitrogens is 3. The first kappa shape index (κ1) is 13.3. The van der Waals surface area contributed by atoms with Crippen LogP contribution in [-0.2, 0) is 6.54 Å². The first-order valence-electron chi connectivity index (χ1n) is 6.53. The summed E-state index contributed by atoms with van der Waals surface area (Å²) in [5.74, 6) is 1.32. The summed E-state index contributed by atoms with van der Waals surface area (Å²) >= 11 is 0. The second-order valence-electron chi connectivity index (χ2n) is 4.64. The highest BCUT2D eigenvalue weighted by molar-refractivity contribution is 5.56. The molecule has 1 heterocycles. The third-order valence-electron chi connectivity index (χ3n) is 3.23. The van der Waals surface area contributed by atoms with E-state index in [2.05, 4.69) is 10.2 Å². The van der Waals surface area contributed by atoms with Gasteiger partial charge in [-0.3, -0.25) is 0 Å². The Morgan fingerprint density at radius 2 is 1.76 bits per heavy atom. The summed E-state index contributed by atoms with van der Waals surface area (Å²) in [7, 11) is 1.63. The maximum Gasteiger partial charge on any atom is 0.164 e. The Balaban J connectivity index is 1.87. The summed E-state index contributed by atoms with van der Waals surface area (Å²) < 4.78 is 20.0. The van der Waals surface area contributed by atoms with Gasteiger partial charge in [-0.1, -0.05) is 12.1 Å². The van der Waals surface area contributed by atoms with Gasteiger partial charge >= 0.3 is 0 Å². The molecule has 3 rings (SSSR count). The highest BCUT2D eigenvalue weighted by atomic mass is 19.1. The van der Waals surface area contributed by atoms with Crippen LogP contribution in [0, 0.1) is 5.82 Å². The predicted octanol–water partition coefficient (Wildman–Crippen LogP) is 3.14. The smallest absolute Gasteiger partial charge is 0.164 e. The van der Waals surface area contributed by atoms with Gasteiger partial charge < -0.3 is 9.30 Å². The summed E-state index contributed by atoms with van der Waals surface area (Å²) in [4.78, 5) is 0. The van der Waals surface area contributed by atoms with Crippen molar-refractivity contribution in [1.82, 2.24) is 14.8 Å². The van der Waals surface area contributed by atoms with Crippen LogP contribution in [0.2, 0.25) is 0 Å². The van der Waals surface area contributed by atoms with Gasteiger partial charge in [-0.05, 0) is 42.0 Å². The van der Waals surface area contributed by atoms with Gasteiger partial charge in [-0.2, -0.15) is 0 Å². The first-order chi connectivity index (χ1) is 10.3. The molecule has 0 bridgehead atoms. The minimum atomic E-state index is -0.238. The van der Waals surface area contributed by atoms with Gasteiger partial charge in [0, 0.05) is 5.56 Å². The van der Waals surface area contributed by atoms with Crippen molar-refractivity contribution in [2.45, 2.75) is 6.54 Å². The molecule has 1 aromatic heterocycles. The molecule has 0 saturated heterocycles. The average molecular weight is 283 g/mol. The van der Waals surface area contributed by atoms with Crippen LogP contribution in [0.15, 0.2) is 54.9 Å². The molecule has 0 amide bonds. The van der Waals surface area contributed by atoms with E-state index < -0.39 is 0 Å². The number of methoxy groups -OCH3 is 1. The minimum absolute atomic E-state index is 0.238. The van der Waals surface area contributed by atoms with Crippen molar-refractivity contribution in [3.05, 3.63) is 66.2 Å². The van der Waals surface area contributed by atoms with Crippen molar-refractivity contribution in [3.63, 3.8) is 0 Å². The zero-order valence-electron chi connectivity index (χ0n) is 11.5. The van der Waals surface area contributed by atoms with E-state index in [1.54, 1.807) is 25.6 Å². The van der Waals surface area contributed by atoms with Crippen molar-refractivity contribution in [2.75, 3.05) is 7.11 Å². The van der Waals surface area contributed by atoms with Crippen LogP contribution < -0.4 is 4.74 Å². The van der Waals surface area contributed by atoms with Crippen LogP contribution in [0.3, 0.4) is 0 Å². The van der Waals surface area contributed by atoms with Crippen molar-refractivity contribution in [2.24, 2.45) is 0 Å². The number of halogens is 1. The molecule has 106 valence electrons. The Kier molecular flexibility index (Phi) is 3.64. The van der Waals surface area contributed by atoms with Crippen LogP contribution >= 0.6 is 0 Å². The van der Waals surface area contributed by atoms with E-state index in [1.165, 1.54) is 12.1 Å². The third kappa shape index (κ3) is 2.91. The maximum absolute atomic E-state index is 12.9. The highest BCUT2D eigenvalue weighted by Crippen LogP contribution is 2.21. The molecule has 0 unspecified atom stereocenters. The second kappa shape index (κ2) is 5.75. The second-order valence-corrected chi connectivity index (χ2v) is 4.64.